The van der Waals surface area contributed by atoms with Crippen molar-refractivity contribution in [2.75, 3.05) is 7.11 Å². The highest BCUT2D eigenvalue weighted by atomic mass is 19.1. The van der Waals surface area contributed by atoms with Gasteiger partial charge in [0.15, 0.2) is 11.5 Å². The summed E-state index contributed by atoms with van der Waals surface area (Å²) >= 11 is 0. The number of ketones is 1. The first kappa shape index (κ1) is 19.4. The first-order chi connectivity index (χ1) is 12.1. The Kier molecular flexibility index (Phi) is 5.65. The summed E-state index contributed by atoms with van der Waals surface area (Å²) in [5.41, 5.74) is 1.09. The standard InChI is InChI=1S/C20H21FO5/c1-20(2,3)17-10-13(9-12-5-7-14(21)8-6-12)18(26-17)15(22)11-16(23)19(24)25-4/h5-8,10-11,22H,9H2,1-4H3/b15-11-. The van der Waals surface area contributed by atoms with Crippen LogP contribution in [-0.4, -0.2) is 24.0 Å². The van der Waals surface area contributed by atoms with Gasteiger partial charge in [0.25, 0.3) is 5.78 Å². The van der Waals surface area contributed by atoms with Gasteiger partial charge in [0.05, 0.1) is 7.11 Å². The molecular weight excluding hydrogens is 339 g/mol. The van der Waals surface area contributed by atoms with Crippen LogP contribution in [0.25, 0.3) is 5.76 Å². The summed E-state index contributed by atoms with van der Waals surface area (Å²) in [5.74, 6) is -2.19. The number of furan rings is 1. The molecule has 0 aliphatic heterocycles. The quantitative estimate of drug-likeness (QED) is 0.378. The van der Waals surface area contributed by atoms with Gasteiger partial charge in [-0.2, -0.15) is 0 Å². The predicted molar refractivity (Wildman–Crippen MR) is 94.2 cm³/mol. The molecule has 0 unspecified atom stereocenters. The molecule has 0 aliphatic carbocycles. The molecule has 0 saturated carbocycles. The number of hydrogen-bond donors (Lipinski definition) is 1. The van der Waals surface area contributed by atoms with Crippen molar-refractivity contribution in [2.45, 2.75) is 32.6 Å². The molecule has 5 nitrogen and oxygen atoms in total. The van der Waals surface area contributed by atoms with Crippen LogP contribution < -0.4 is 0 Å². The Bertz CT molecular complexity index is 838. The smallest absolute Gasteiger partial charge is 0.378 e. The summed E-state index contributed by atoms with van der Waals surface area (Å²) in [5, 5.41) is 10.3. The average molecular weight is 360 g/mol. The number of benzene rings is 1. The van der Waals surface area contributed by atoms with E-state index in [9.17, 15) is 19.1 Å². The molecule has 0 bridgehead atoms. The van der Waals surface area contributed by atoms with Gasteiger partial charge >= 0.3 is 5.97 Å². The van der Waals surface area contributed by atoms with Crippen molar-refractivity contribution in [3.63, 3.8) is 0 Å². The highest BCUT2D eigenvalue weighted by Gasteiger charge is 2.24. The molecule has 0 radical (unpaired) electrons. The number of ether oxygens (including phenoxy) is 1. The minimum atomic E-state index is -1.08. The highest BCUT2D eigenvalue weighted by molar-refractivity contribution is 6.39. The number of rotatable bonds is 5. The Morgan fingerprint density at radius 2 is 1.85 bits per heavy atom. The van der Waals surface area contributed by atoms with Crippen molar-refractivity contribution in [1.29, 1.82) is 0 Å². The van der Waals surface area contributed by atoms with Crippen LogP contribution in [0.4, 0.5) is 4.39 Å². The molecule has 0 amide bonds. The molecule has 1 aromatic heterocycles. The molecule has 0 atom stereocenters. The predicted octanol–water partition coefficient (Wildman–Crippen LogP) is 3.95. The van der Waals surface area contributed by atoms with E-state index in [2.05, 4.69) is 4.74 Å². The van der Waals surface area contributed by atoms with E-state index >= 15 is 0 Å². The molecule has 26 heavy (non-hydrogen) atoms. The molecule has 0 fully saturated rings. The molecule has 6 heteroatoms. The van der Waals surface area contributed by atoms with E-state index in [4.69, 9.17) is 4.42 Å². The number of hydrogen-bond acceptors (Lipinski definition) is 5. The third kappa shape index (κ3) is 4.59. The van der Waals surface area contributed by atoms with E-state index < -0.39 is 17.5 Å². The largest absolute Gasteiger partial charge is 0.504 e. The van der Waals surface area contributed by atoms with Crippen LogP contribution in [0.3, 0.4) is 0 Å². The highest BCUT2D eigenvalue weighted by Crippen LogP contribution is 2.31. The lowest BCUT2D eigenvalue weighted by atomic mass is 9.92. The maximum Gasteiger partial charge on any atom is 0.378 e. The lowest BCUT2D eigenvalue weighted by Crippen LogP contribution is -2.13. The summed E-state index contributed by atoms with van der Waals surface area (Å²) in [7, 11) is 1.08. The number of aliphatic hydroxyl groups excluding tert-OH is 1. The van der Waals surface area contributed by atoms with Gasteiger partial charge in [0, 0.05) is 23.5 Å². The van der Waals surface area contributed by atoms with E-state index in [1.807, 2.05) is 20.8 Å². The van der Waals surface area contributed by atoms with Crippen LogP contribution in [0.1, 0.15) is 43.4 Å². The Labute approximate surface area is 151 Å². The van der Waals surface area contributed by atoms with Crippen LogP contribution in [0.5, 0.6) is 0 Å². The van der Waals surface area contributed by atoms with Gasteiger partial charge in [-0.15, -0.1) is 0 Å². The second-order valence-electron chi connectivity index (χ2n) is 6.90. The summed E-state index contributed by atoms with van der Waals surface area (Å²) in [4.78, 5) is 22.9. The van der Waals surface area contributed by atoms with Gasteiger partial charge in [0.1, 0.15) is 11.6 Å². The fourth-order valence-corrected chi connectivity index (χ4v) is 2.32. The van der Waals surface area contributed by atoms with Crippen molar-refractivity contribution in [3.8, 4) is 0 Å². The van der Waals surface area contributed by atoms with Crippen LogP contribution in [-0.2, 0) is 26.2 Å². The fourth-order valence-electron chi connectivity index (χ4n) is 2.32. The van der Waals surface area contributed by atoms with Gasteiger partial charge in [-0.3, -0.25) is 4.79 Å². The average Bonchev–Trinajstić information content (AvgIpc) is 3.00. The molecule has 1 N–H and O–H groups in total. The lowest BCUT2D eigenvalue weighted by molar-refractivity contribution is -0.149. The SMILES string of the molecule is COC(=O)C(=O)/C=C(\O)c1oc(C(C)(C)C)cc1Cc1ccc(F)cc1. The monoisotopic (exact) mass is 360 g/mol. The number of carbonyl (C=O) groups excluding carboxylic acids is 2. The normalized spacial score (nSPS) is 12.1. The Morgan fingerprint density at radius 1 is 1.23 bits per heavy atom. The molecule has 0 spiro atoms. The summed E-state index contributed by atoms with van der Waals surface area (Å²) in [6.45, 7) is 5.83. The maximum atomic E-state index is 13.1. The Morgan fingerprint density at radius 3 is 2.38 bits per heavy atom. The Balaban J connectivity index is 2.44. The second-order valence-corrected chi connectivity index (χ2v) is 6.90. The topological polar surface area (TPSA) is 76.7 Å². The minimum Gasteiger partial charge on any atom is -0.504 e. The third-order valence-electron chi connectivity index (χ3n) is 3.74. The minimum absolute atomic E-state index is 0.0940. The number of methoxy groups -OCH3 is 1. The van der Waals surface area contributed by atoms with Crippen molar-refractivity contribution >= 4 is 17.5 Å². The van der Waals surface area contributed by atoms with E-state index in [1.165, 1.54) is 12.1 Å². The van der Waals surface area contributed by atoms with Crippen molar-refractivity contribution < 1.29 is 28.2 Å². The van der Waals surface area contributed by atoms with Crippen molar-refractivity contribution in [3.05, 3.63) is 64.9 Å². The van der Waals surface area contributed by atoms with E-state index in [0.717, 1.165) is 18.7 Å². The number of esters is 1. The summed E-state index contributed by atoms with van der Waals surface area (Å²) in [6, 6.07) is 7.73. The second kappa shape index (κ2) is 7.56. The summed E-state index contributed by atoms with van der Waals surface area (Å²) < 4.78 is 23.2. The molecule has 0 saturated heterocycles. The first-order valence-electron chi connectivity index (χ1n) is 8.02. The zero-order valence-electron chi connectivity index (χ0n) is 15.1. The van der Waals surface area contributed by atoms with Crippen LogP contribution in [0.2, 0.25) is 0 Å². The molecule has 1 aromatic carbocycles. The van der Waals surface area contributed by atoms with Crippen LogP contribution >= 0.6 is 0 Å². The zero-order chi connectivity index (χ0) is 19.5. The first-order valence-corrected chi connectivity index (χ1v) is 8.02. The van der Waals surface area contributed by atoms with Crippen molar-refractivity contribution in [1.82, 2.24) is 0 Å². The van der Waals surface area contributed by atoms with Gasteiger partial charge < -0.3 is 14.3 Å². The van der Waals surface area contributed by atoms with E-state index in [-0.39, 0.29) is 17.0 Å². The number of carbonyl (C=O) groups is 2. The molecule has 2 aromatic rings. The van der Waals surface area contributed by atoms with E-state index in [1.54, 1.807) is 18.2 Å². The number of aliphatic hydroxyl groups is 1. The molecular formula is C20H21FO5. The van der Waals surface area contributed by atoms with Crippen molar-refractivity contribution in [2.24, 2.45) is 0 Å². The molecule has 2 rings (SSSR count). The van der Waals surface area contributed by atoms with E-state index in [0.29, 0.717) is 17.7 Å². The van der Waals surface area contributed by atoms with Gasteiger partial charge in [-0.1, -0.05) is 32.9 Å². The van der Waals surface area contributed by atoms with Crippen LogP contribution in [0, 0.1) is 5.82 Å². The van der Waals surface area contributed by atoms with Gasteiger partial charge in [-0.05, 0) is 23.8 Å². The van der Waals surface area contributed by atoms with Gasteiger partial charge in [0.2, 0.25) is 0 Å². The Hall–Kier alpha value is -2.89. The zero-order valence-corrected chi connectivity index (χ0v) is 15.1. The fraction of sp³-hybridized carbons (Fsp3) is 0.300. The maximum absolute atomic E-state index is 13.1. The van der Waals surface area contributed by atoms with Gasteiger partial charge in [-0.25, -0.2) is 9.18 Å². The molecule has 138 valence electrons. The molecule has 1 heterocycles. The lowest BCUT2D eigenvalue weighted by Gasteiger charge is -2.13. The molecule has 0 aliphatic rings. The summed E-state index contributed by atoms with van der Waals surface area (Å²) in [6.07, 6.45) is 1.13. The van der Waals surface area contributed by atoms with Crippen LogP contribution in [0.15, 0.2) is 40.8 Å². The third-order valence-corrected chi connectivity index (χ3v) is 3.74. The number of halogens is 1.